The maximum atomic E-state index is 12.8. The lowest BCUT2D eigenvalue weighted by molar-refractivity contribution is -0.153. The summed E-state index contributed by atoms with van der Waals surface area (Å²) in [7, 11) is 0. The van der Waals surface area contributed by atoms with Crippen LogP contribution in [0.2, 0.25) is 0 Å². The van der Waals surface area contributed by atoms with E-state index in [-0.39, 0.29) is 28.7 Å². The molecule has 1 N–H and O–H groups in total. The first-order chi connectivity index (χ1) is 13.7. The second-order valence-corrected chi connectivity index (χ2v) is 9.34. The van der Waals surface area contributed by atoms with Gasteiger partial charge >= 0.3 is 12.3 Å². The van der Waals surface area contributed by atoms with E-state index in [9.17, 15) is 22.8 Å². The maximum Gasteiger partial charge on any atom is 0.416 e. The first-order valence-electron chi connectivity index (χ1n) is 10.1. The molecule has 2 saturated heterocycles. The van der Waals surface area contributed by atoms with Crippen LogP contribution in [-0.2, 0) is 15.7 Å². The minimum Gasteiger partial charge on any atom is -0.447 e. The lowest BCUT2D eigenvalue weighted by Crippen LogP contribution is -2.63. The average Bonchev–Trinajstić information content (AvgIpc) is 3.22. The van der Waals surface area contributed by atoms with Crippen LogP contribution >= 0.6 is 0 Å². The van der Waals surface area contributed by atoms with E-state index in [1.807, 2.05) is 4.90 Å². The van der Waals surface area contributed by atoms with Gasteiger partial charge in [0.1, 0.15) is 6.61 Å². The number of carbonyl (C=O) groups excluding carboxylic acids is 2. The van der Waals surface area contributed by atoms with Crippen LogP contribution in [-0.4, -0.2) is 42.1 Å². The van der Waals surface area contributed by atoms with Gasteiger partial charge in [-0.1, -0.05) is 12.1 Å². The number of nitrogens with one attached hydrogen (secondary N) is 1. The zero-order chi connectivity index (χ0) is 20.4. The summed E-state index contributed by atoms with van der Waals surface area (Å²) < 4.78 is 43.2. The van der Waals surface area contributed by atoms with Crippen molar-refractivity contribution in [3.05, 3.63) is 35.4 Å². The van der Waals surface area contributed by atoms with Gasteiger partial charge in [0.2, 0.25) is 5.91 Å². The molecule has 2 saturated carbocycles. The van der Waals surface area contributed by atoms with Crippen LogP contribution in [0.15, 0.2) is 24.3 Å². The SMILES string of the molecule is O=C1NC2(CO1)CC(C(=O)N1CC3(CCC(c4ccc(C(F)(F)F)cc4)C3)C1)C2. The van der Waals surface area contributed by atoms with Crippen molar-refractivity contribution in [2.75, 3.05) is 19.7 Å². The zero-order valence-electron chi connectivity index (χ0n) is 15.9. The van der Waals surface area contributed by atoms with Crippen molar-refractivity contribution < 1.29 is 27.5 Å². The molecule has 1 unspecified atom stereocenters. The Bertz CT molecular complexity index is 840. The number of hydrogen-bond donors (Lipinski definition) is 1. The van der Waals surface area contributed by atoms with E-state index in [0.29, 0.717) is 19.4 Å². The highest BCUT2D eigenvalue weighted by molar-refractivity contribution is 5.82. The molecule has 4 aliphatic rings. The summed E-state index contributed by atoms with van der Waals surface area (Å²) >= 11 is 0. The summed E-state index contributed by atoms with van der Waals surface area (Å²) in [6, 6.07) is 5.52. The summed E-state index contributed by atoms with van der Waals surface area (Å²) in [5.41, 5.74) is 0.102. The number of rotatable bonds is 2. The van der Waals surface area contributed by atoms with Gasteiger partial charge in [0.05, 0.1) is 11.1 Å². The molecule has 5 nitrogen and oxygen atoms in total. The quantitative estimate of drug-likeness (QED) is 0.812. The molecule has 8 heteroatoms. The van der Waals surface area contributed by atoms with E-state index < -0.39 is 17.8 Å². The maximum absolute atomic E-state index is 12.8. The summed E-state index contributed by atoms with van der Waals surface area (Å²) in [5, 5.41) is 2.81. The summed E-state index contributed by atoms with van der Waals surface area (Å²) in [6.07, 6.45) is -0.577. The number of likely N-dealkylation sites (tertiary alicyclic amines) is 1. The Kier molecular flexibility index (Phi) is 3.96. The van der Waals surface area contributed by atoms with Crippen molar-refractivity contribution in [1.82, 2.24) is 10.2 Å². The number of hydrogen-bond acceptors (Lipinski definition) is 3. The van der Waals surface area contributed by atoms with E-state index >= 15 is 0 Å². The number of halogens is 3. The molecule has 2 aliphatic heterocycles. The van der Waals surface area contributed by atoms with Crippen LogP contribution in [0.3, 0.4) is 0 Å². The van der Waals surface area contributed by atoms with E-state index in [4.69, 9.17) is 4.74 Å². The van der Waals surface area contributed by atoms with Crippen LogP contribution in [0.5, 0.6) is 0 Å². The highest BCUT2D eigenvalue weighted by Gasteiger charge is 2.56. The van der Waals surface area contributed by atoms with Crippen LogP contribution in [0.25, 0.3) is 0 Å². The summed E-state index contributed by atoms with van der Waals surface area (Å²) in [5.74, 6) is 0.356. The summed E-state index contributed by atoms with van der Waals surface area (Å²) in [4.78, 5) is 25.9. The van der Waals surface area contributed by atoms with Gasteiger partial charge in [0.25, 0.3) is 0 Å². The second kappa shape index (κ2) is 6.12. The molecule has 0 bridgehead atoms. The minimum atomic E-state index is -4.31. The van der Waals surface area contributed by atoms with E-state index in [2.05, 4.69) is 5.32 Å². The smallest absolute Gasteiger partial charge is 0.416 e. The molecule has 1 aromatic carbocycles. The fourth-order valence-corrected chi connectivity index (χ4v) is 5.67. The molecule has 2 heterocycles. The van der Waals surface area contributed by atoms with Crippen LogP contribution in [0, 0.1) is 11.3 Å². The highest BCUT2D eigenvalue weighted by atomic mass is 19.4. The molecule has 2 spiro atoms. The van der Waals surface area contributed by atoms with Crippen LogP contribution in [0.4, 0.5) is 18.0 Å². The molecule has 1 aromatic rings. The highest BCUT2D eigenvalue weighted by Crippen LogP contribution is 2.53. The number of benzene rings is 1. The molecule has 0 aromatic heterocycles. The molecule has 2 amide bonds. The Morgan fingerprint density at radius 2 is 1.83 bits per heavy atom. The van der Waals surface area contributed by atoms with Crippen molar-refractivity contribution in [3.8, 4) is 0 Å². The number of carbonyl (C=O) groups is 2. The van der Waals surface area contributed by atoms with Gasteiger partial charge in [0, 0.05) is 24.4 Å². The number of alkyl carbamates (subject to hydrolysis) is 1. The lowest BCUT2D eigenvalue weighted by atomic mass is 9.67. The lowest BCUT2D eigenvalue weighted by Gasteiger charge is -2.52. The standard InChI is InChI=1S/C21H23F3N2O3/c22-21(23,24)16-3-1-13(2-4-16)14-5-6-19(7-14)10-26(11-19)17(27)15-8-20(9-15)12-29-18(28)25-20/h1-4,14-15H,5-12H2,(H,25,28). The van der Waals surface area contributed by atoms with Crippen molar-refractivity contribution in [2.24, 2.45) is 11.3 Å². The molecular weight excluding hydrogens is 385 g/mol. The van der Waals surface area contributed by atoms with Gasteiger partial charge in [0.15, 0.2) is 0 Å². The summed E-state index contributed by atoms with van der Waals surface area (Å²) in [6.45, 7) is 1.80. The first kappa shape index (κ1) is 18.8. The third-order valence-electron chi connectivity index (χ3n) is 7.25. The number of ether oxygens (including phenoxy) is 1. The van der Waals surface area contributed by atoms with Gasteiger partial charge in [-0.05, 0) is 55.7 Å². The van der Waals surface area contributed by atoms with Gasteiger partial charge < -0.3 is 15.0 Å². The number of alkyl halides is 3. The van der Waals surface area contributed by atoms with Crippen LogP contribution in [0.1, 0.15) is 49.1 Å². The van der Waals surface area contributed by atoms with Crippen molar-refractivity contribution in [3.63, 3.8) is 0 Å². The molecule has 2 aliphatic carbocycles. The predicted molar refractivity (Wildman–Crippen MR) is 97.0 cm³/mol. The molecule has 1 atom stereocenters. The number of amides is 2. The zero-order valence-corrected chi connectivity index (χ0v) is 15.9. The monoisotopic (exact) mass is 408 g/mol. The van der Waals surface area contributed by atoms with Gasteiger partial charge in [-0.15, -0.1) is 0 Å². The molecule has 0 radical (unpaired) electrons. The van der Waals surface area contributed by atoms with Gasteiger partial charge in [-0.25, -0.2) is 4.79 Å². The Balaban J connectivity index is 1.14. The van der Waals surface area contributed by atoms with Gasteiger partial charge in [-0.2, -0.15) is 13.2 Å². The molecule has 29 heavy (non-hydrogen) atoms. The fourth-order valence-electron chi connectivity index (χ4n) is 5.67. The van der Waals surface area contributed by atoms with Crippen molar-refractivity contribution in [2.45, 2.75) is 49.7 Å². The number of nitrogens with zero attached hydrogens (tertiary/aromatic N) is 1. The second-order valence-electron chi connectivity index (χ2n) is 9.34. The third kappa shape index (κ3) is 3.16. The van der Waals surface area contributed by atoms with E-state index in [0.717, 1.165) is 50.0 Å². The third-order valence-corrected chi connectivity index (χ3v) is 7.25. The van der Waals surface area contributed by atoms with Gasteiger partial charge in [-0.3, -0.25) is 4.79 Å². The Hall–Kier alpha value is -2.25. The van der Waals surface area contributed by atoms with E-state index in [1.165, 1.54) is 0 Å². The molecule has 5 rings (SSSR count). The van der Waals surface area contributed by atoms with Crippen molar-refractivity contribution in [1.29, 1.82) is 0 Å². The Morgan fingerprint density at radius 1 is 1.14 bits per heavy atom. The molecule has 156 valence electrons. The average molecular weight is 408 g/mol. The molecular formula is C21H23F3N2O3. The first-order valence-corrected chi connectivity index (χ1v) is 10.1. The molecule has 4 fully saturated rings. The van der Waals surface area contributed by atoms with Crippen LogP contribution < -0.4 is 5.32 Å². The largest absolute Gasteiger partial charge is 0.447 e. The fraction of sp³-hybridized carbons (Fsp3) is 0.619. The van der Waals surface area contributed by atoms with Crippen molar-refractivity contribution >= 4 is 12.0 Å². The number of cyclic esters (lactones) is 1. The minimum absolute atomic E-state index is 0.0542. The Labute approximate surface area is 166 Å². The predicted octanol–water partition coefficient (Wildman–Crippen LogP) is 3.69. The topological polar surface area (TPSA) is 58.6 Å². The normalized spacial score (nSPS) is 32.7. The Morgan fingerprint density at radius 3 is 2.41 bits per heavy atom. The van der Waals surface area contributed by atoms with E-state index in [1.54, 1.807) is 12.1 Å².